The lowest BCUT2D eigenvalue weighted by Crippen LogP contribution is -2.48. The van der Waals surface area contributed by atoms with Gasteiger partial charge in [0.15, 0.2) is 0 Å². The summed E-state index contributed by atoms with van der Waals surface area (Å²) in [5.74, 6) is 1.46. The number of ether oxygens (including phenoxy) is 1. The van der Waals surface area contributed by atoms with Gasteiger partial charge >= 0.3 is 0 Å². The van der Waals surface area contributed by atoms with Crippen LogP contribution in [0, 0.1) is 0 Å². The van der Waals surface area contributed by atoms with Gasteiger partial charge in [-0.05, 0) is 6.26 Å². The zero-order valence-electron chi connectivity index (χ0n) is 13.8. The van der Waals surface area contributed by atoms with Crippen molar-refractivity contribution in [3.05, 3.63) is 11.8 Å². The van der Waals surface area contributed by atoms with Crippen molar-refractivity contribution in [3.8, 4) is 0 Å². The number of nitrogens with zero attached hydrogens (tertiary/aromatic N) is 2. The quantitative estimate of drug-likeness (QED) is 0.429. The van der Waals surface area contributed by atoms with Gasteiger partial charge in [-0.25, -0.2) is 5.01 Å². The fourth-order valence-corrected chi connectivity index (χ4v) is 1.92. The molecular weight excluding hydrogens is 320 g/mol. The highest BCUT2D eigenvalue weighted by Gasteiger charge is 2.11. The molecule has 0 bridgehead atoms. The molecule has 9 heteroatoms. The van der Waals surface area contributed by atoms with Gasteiger partial charge in [0.05, 0.1) is 26.4 Å². The standard InChI is InChI=1S/C11H22N4O2S.C2H6.CH4.2H2O/c1-18-9-10(12)8-11(13-2-5-16)14-15-3-6-17-7-4-15;1-2;;;/h8,16H,2-7,9,12H2,1H3,(H,13,14);1-2H3;1H4;2*1H2/b10-8-;;;;. The van der Waals surface area contributed by atoms with Crippen molar-refractivity contribution >= 4 is 17.6 Å². The summed E-state index contributed by atoms with van der Waals surface area (Å²) < 4.78 is 5.28. The van der Waals surface area contributed by atoms with Crippen molar-refractivity contribution in [3.63, 3.8) is 0 Å². The molecule has 0 aromatic carbocycles. The third-order valence-corrected chi connectivity index (χ3v) is 2.92. The van der Waals surface area contributed by atoms with E-state index in [1.54, 1.807) is 11.8 Å². The van der Waals surface area contributed by atoms with Crippen LogP contribution in [0.5, 0.6) is 0 Å². The second-order valence-corrected chi connectivity index (χ2v) is 4.72. The summed E-state index contributed by atoms with van der Waals surface area (Å²) in [5, 5.41) is 10.9. The minimum Gasteiger partial charge on any atom is -0.412 e. The van der Waals surface area contributed by atoms with E-state index in [-0.39, 0.29) is 25.0 Å². The number of morpholine rings is 1. The number of hydrogen-bond donors (Lipinski definition) is 3. The van der Waals surface area contributed by atoms with Gasteiger partial charge in [0.1, 0.15) is 5.84 Å². The van der Waals surface area contributed by atoms with Crippen molar-refractivity contribution in [2.75, 3.05) is 51.5 Å². The number of amidine groups is 1. The second-order valence-electron chi connectivity index (χ2n) is 3.85. The summed E-state index contributed by atoms with van der Waals surface area (Å²) in [4.78, 5) is 4.27. The number of aliphatic imine (C=N–C) groups is 1. The predicted molar refractivity (Wildman–Crippen MR) is 101 cm³/mol. The largest absolute Gasteiger partial charge is 0.412 e. The highest BCUT2D eigenvalue weighted by atomic mass is 32.2. The molecule has 23 heavy (non-hydrogen) atoms. The number of aliphatic hydroxyl groups excluding tert-OH is 1. The number of rotatable bonds is 6. The van der Waals surface area contributed by atoms with Crippen molar-refractivity contribution in [2.45, 2.75) is 21.3 Å². The normalized spacial score (nSPS) is 15.1. The monoisotopic (exact) mass is 356 g/mol. The number of thioether (sulfide) groups is 1. The van der Waals surface area contributed by atoms with E-state index < -0.39 is 0 Å². The molecule has 0 saturated carbocycles. The maximum Gasteiger partial charge on any atom is 0.137 e. The first-order chi connectivity index (χ1) is 9.76. The Hall–Kier alpha value is -0.840. The molecule has 1 aliphatic heterocycles. The SMILES string of the molecule is C.CC.CSC/C(N)=C/C(=NCCO)NN1CCOCC1.O.O. The van der Waals surface area contributed by atoms with E-state index >= 15 is 0 Å². The Morgan fingerprint density at radius 1 is 1.35 bits per heavy atom. The van der Waals surface area contributed by atoms with E-state index in [1.807, 2.05) is 31.2 Å². The van der Waals surface area contributed by atoms with E-state index in [0.717, 1.165) is 24.5 Å². The summed E-state index contributed by atoms with van der Waals surface area (Å²) in [5.41, 5.74) is 9.85. The number of aliphatic hydroxyl groups is 1. The number of hydrogen-bond acceptors (Lipinski definition) is 6. The third kappa shape index (κ3) is 15.8. The van der Waals surface area contributed by atoms with Crippen LogP contribution >= 0.6 is 11.8 Å². The Kier molecular flexibility index (Phi) is 27.7. The van der Waals surface area contributed by atoms with Gasteiger partial charge in [0, 0.05) is 30.6 Å². The van der Waals surface area contributed by atoms with Crippen LogP contribution in [0.15, 0.2) is 16.8 Å². The van der Waals surface area contributed by atoms with Crippen LogP contribution in [0.3, 0.4) is 0 Å². The van der Waals surface area contributed by atoms with Crippen molar-refractivity contribution in [1.82, 2.24) is 10.4 Å². The van der Waals surface area contributed by atoms with Gasteiger partial charge in [-0.3, -0.25) is 4.99 Å². The van der Waals surface area contributed by atoms with E-state index in [1.165, 1.54) is 0 Å². The summed E-state index contributed by atoms with van der Waals surface area (Å²) in [6.07, 6.45) is 3.82. The van der Waals surface area contributed by atoms with E-state index in [9.17, 15) is 0 Å². The highest BCUT2D eigenvalue weighted by molar-refractivity contribution is 7.98. The first-order valence-corrected chi connectivity index (χ1v) is 8.35. The van der Waals surface area contributed by atoms with Crippen LogP contribution in [0.2, 0.25) is 0 Å². The second kappa shape index (κ2) is 21.2. The van der Waals surface area contributed by atoms with Gasteiger partial charge in [0.2, 0.25) is 0 Å². The summed E-state index contributed by atoms with van der Waals surface area (Å²) in [6, 6.07) is 0. The average Bonchev–Trinajstić information content (AvgIpc) is 2.48. The number of nitrogens with one attached hydrogen (secondary N) is 1. The molecule has 0 amide bonds. The molecule has 1 fully saturated rings. The summed E-state index contributed by atoms with van der Waals surface area (Å²) >= 11 is 1.66. The lowest BCUT2D eigenvalue weighted by atomic mass is 10.4. The first kappa shape index (κ1) is 30.1. The molecule has 8 N–H and O–H groups in total. The molecule has 1 rings (SSSR count). The third-order valence-electron chi connectivity index (χ3n) is 2.30. The van der Waals surface area contributed by atoms with Gasteiger partial charge in [0.25, 0.3) is 0 Å². The van der Waals surface area contributed by atoms with Crippen molar-refractivity contribution in [1.29, 1.82) is 0 Å². The lowest BCUT2D eigenvalue weighted by molar-refractivity contribution is 0.0249. The van der Waals surface area contributed by atoms with Crippen molar-refractivity contribution < 1.29 is 20.8 Å². The van der Waals surface area contributed by atoms with Crippen molar-refractivity contribution in [2.24, 2.45) is 10.7 Å². The fraction of sp³-hybridized carbons (Fsp3) is 0.786. The zero-order valence-corrected chi connectivity index (χ0v) is 14.6. The molecular formula is C14H36N4O4S. The zero-order chi connectivity index (χ0) is 15.2. The maximum atomic E-state index is 8.83. The summed E-state index contributed by atoms with van der Waals surface area (Å²) in [6.45, 7) is 7.46. The molecule has 8 nitrogen and oxygen atoms in total. The molecule has 0 aromatic rings. The van der Waals surface area contributed by atoms with Crippen LogP contribution in [0.1, 0.15) is 21.3 Å². The molecule has 1 aliphatic rings. The molecule has 0 aromatic heterocycles. The van der Waals surface area contributed by atoms with Crippen LogP contribution in [0.4, 0.5) is 0 Å². The Balaban J connectivity index is -0.000000347. The molecule has 0 atom stereocenters. The molecule has 1 saturated heterocycles. The molecule has 0 radical (unpaired) electrons. The van der Waals surface area contributed by atoms with Gasteiger partial charge < -0.3 is 32.0 Å². The van der Waals surface area contributed by atoms with E-state index in [2.05, 4.69) is 10.4 Å². The smallest absolute Gasteiger partial charge is 0.137 e. The molecule has 1 heterocycles. The number of nitrogens with two attached hydrogens (primary N) is 1. The van der Waals surface area contributed by atoms with Crippen LogP contribution in [-0.2, 0) is 4.74 Å². The van der Waals surface area contributed by atoms with Gasteiger partial charge in [-0.1, -0.05) is 21.3 Å². The predicted octanol–water partition coefficient (Wildman–Crippen LogP) is -0.567. The van der Waals surface area contributed by atoms with Crippen LogP contribution in [0.25, 0.3) is 0 Å². The van der Waals surface area contributed by atoms with Gasteiger partial charge in [-0.15, -0.1) is 0 Å². The van der Waals surface area contributed by atoms with Crippen LogP contribution < -0.4 is 11.2 Å². The van der Waals surface area contributed by atoms with Gasteiger partial charge in [-0.2, -0.15) is 11.8 Å². The maximum absolute atomic E-state index is 8.83. The molecule has 142 valence electrons. The number of hydrazine groups is 1. The lowest BCUT2D eigenvalue weighted by Gasteiger charge is -2.27. The highest BCUT2D eigenvalue weighted by Crippen LogP contribution is 1.99. The first-order valence-electron chi connectivity index (χ1n) is 6.96. The Morgan fingerprint density at radius 3 is 2.39 bits per heavy atom. The van der Waals surface area contributed by atoms with Crippen LogP contribution in [-0.4, -0.2) is 78.4 Å². The minimum atomic E-state index is 0. The Morgan fingerprint density at radius 2 is 1.91 bits per heavy atom. The summed E-state index contributed by atoms with van der Waals surface area (Å²) in [7, 11) is 0. The van der Waals surface area contributed by atoms with E-state index in [0.29, 0.717) is 25.6 Å². The van der Waals surface area contributed by atoms with E-state index in [4.69, 9.17) is 15.6 Å². The Labute approximate surface area is 144 Å². The molecule has 0 unspecified atom stereocenters. The topological polar surface area (TPSA) is 146 Å². The molecule has 0 spiro atoms. The molecule has 0 aliphatic carbocycles. The minimum absolute atomic E-state index is 0. The Bertz CT molecular complexity index is 299. The average molecular weight is 357 g/mol. The fourth-order valence-electron chi connectivity index (χ4n) is 1.50.